The summed E-state index contributed by atoms with van der Waals surface area (Å²) in [5.74, 6) is 1.14. The summed E-state index contributed by atoms with van der Waals surface area (Å²) in [4.78, 5) is 26.2. The molecule has 2 aromatic rings. The summed E-state index contributed by atoms with van der Waals surface area (Å²) in [5, 5.41) is 3.42. The molecule has 4 rings (SSSR count). The third-order valence-corrected chi connectivity index (χ3v) is 7.99. The minimum atomic E-state index is -4.46. The van der Waals surface area contributed by atoms with E-state index < -0.39 is 17.8 Å². The normalized spacial score (nSPS) is 25.9. The number of halogens is 3. The number of carbonyl (C=O) groups is 1. The molecule has 9 heteroatoms. The van der Waals surface area contributed by atoms with Crippen LogP contribution in [0.15, 0.2) is 24.5 Å². The number of aromatic nitrogens is 2. The van der Waals surface area contributed by atoms with Crippen molar-refractivity contribution in [3.8, 4) is 0 Å². The van der Waals surface area contributed by atoms with Crippen LogP contribution in [0, 0.1) is 11.8 Å². The van der Waals surface area contributed by atoms with Gasteiger partial charge in [0.05, 0.1) is 11.1 Å². The van der Waals surface area contributed by atoms with E-state index in [0.717, 1.165) is 31.4 Å². The third-order valence-electron chi connectivity index (χ3n) is 7.99. The molecule has 1 amide bonds. The van der Waals surface area contributed by atoms with Gasteiger partial charge in [-0.05, 0) is 76.6 Å². The molecule has 2 aliphatic rings. The van der Waals surface area contributed by atoms with Gasteiger partial charge in [0.2, 0.25) is 5.91 Å². The zero-order valence-corrected chi connectivity index (χ0v) is 21.1. The highest BCUT2D eigenvalue weighted by molar-refractivity contribution is 5.93. The number of alkyl halides is 3. The van der Waals surface area contributed by atoms with Gasteiger partial charge in [0.1, 0.15) is 18.2 Å². The van der Waals surface area contributed by atoms with Gasteiger partial charge in [-0.25, -0.2) is 9.97 Å². The second-order valence-electron chi connectivity index (χ2n) is 10.7. The maximum absolute atomic E-state index is 13.5. The fourth-order valence-electron chi connectivity index (χ4n) is 5.74. The molecular formula is C26H36F3N5O. The number of likely N-dealkylation sites (tertiary alicyclic amines) is 1. The van der Waals surface area contributed by atoms with Crippen molar-refractivity contribution in [3.63, 3.8) is 0 Å². The Labute approximate surface area is 205 Å². The number of carbonyl (C=O) groups excluding carboxylic acids is 1. The Hall–Kier alpha value is -2.42. The average molecular weight is 492 g/mol. The minimum absolute atomic E-state index is 0.00931. The molecule has 1 aliphatic carbocycles. The van der Waals surface area contributed by atoms with Crippen LogP contribution >= 0.6 is 0 Å². The first-order valence-corrected chi connectivity index (χ1v) is 12.6. The molecule has 2 fully saturated rings. The number of nitrogens with zero attached hydrogens (tertiary/aromatic N) is 4. The van der Waals surface area contributed by atoms with Crippen LogP contribution in [0.5, 0.6) is 0 Å². The molecule has 0 bridgehead atoms. The average Bonchev–Trinajstić information content (AvgIpc) is 3.17. The summed E-state index contributed by atoms with van der Waals surface area (Å²) in [7, 11) is 2.18. The summed E-state index contributed by atoms with van der Waals surface area (Å²) in [5.41, 5.74) is -0.351. The van der Waals surface area contributed by atoms with Crippen LogP contribution in [0.25, 0.3) is 10.9 Å². The minimum Gasteiger partial charge on any atom is -0.358 e. The van der Waals surface area contributed by atoms with Crippen molar-refractivity contribution < 1.29 is 18.0 Å². The van der Waals surface area contributed by atoms with Gasteiger partial charge in [0.25, 0.3) is 0 Å². The van der Waals surface area contributed by atoms with Crippen LogP contribution in [0.1, 0.15) is 58.9 Å². The van der Waals surface area contributed by atoms with Crippen molar-refractivity contribution in [3.05, 3.63) is 30.1 Å². The van der Waals surface area contributed by atoms with Crippen LogP contribution in [-0.4, -0.2) is 63.4 Å². The van der Waals surface area contributed by atoms with Gasteiger partial charge >= 0.3 is 6.18 Å². The number of hydrogen-bond donors (Lipinski definition) is 1. The Balaban J connectivity index is 1.52. The molecule has 35 heavy (non-hydrogen) atoms. The molecule has 6 nitrogen and oxygen atoms in total. The van der Waals surface area contributed by atoms with E-state index in [2.05, 4.69) is 54.9 Å². The van der Waals surface area contributed by atoms with Crippen LogP contribution < -0.4 is 5.32 Å². The maximum atomic E-state index is 13.5. The van der Waals surface area contributed by atoms with Gasteiger partial charge in [-0.2, -0.15) is 13.2 Å². The first-order chi connectivity index (χ1) is 16.5. The number of benzene rings is 1. The molecule has 192 valence electrons. The number of fused-ring (bicyclic) bond motifs is 1. The predicted molar refractivity (Wildman–Crippen MR) is 131 cm³/mol. The van der Waals surface area contributed by atoms with Gasteiger partial charge < -0.3 is 15.1 Å². The highest BCUT2D eigenvalue weighted by Gasteiger charge is 2.43. The van der Waals surface area contributed by atoms with Crippen molar-refractivity contribution in [1.29, 1.82) is 0 Å². The van der Waals surface area contributed by atoms with Crippen molar-refractivity contribution >= 4 is 22.6 Å². The zero-order chi connectivity index (χ0) is 25.5. The molecule has 1 N–H and O–H groups in total. The lowest BCUT2D eigenvalue weighted by atomic mass is 9.74. The monoisotopic (exact) mass is 491 g/mol. The molecule has 2 unspecified atom stereocenters. The number of anilines is 1. The second kappa shape index (κ2) is 9.91. The van der Waals surface area contributed by atoms with E-state index >= 15 is 0 Å². The Morgan fingerprint density at radius 1 is 1.11 bits per heavy atom. The van der Waals surface area contributed by atoms with E-state index in [1.165, 1.54) is 12.4 Å². The van der Waals surface area contributed by atoms with E-state index in [1.54, 1.807) is 0 Å². The lowest BCUT2D eigenvalue weighted by Gasteiger charge is -2.46. The largest absolute Gasteiger partial charge is 0.416 e. The highest BCUT2D eigenvalue weighted by atomic mass is 19.4. The fourth-order valence-corrected chi connectivity index (χ4v) is 5.74. The smallest absolute Gasteiger partial charge is 0.358 e. The SMILES string of the molecule is CC(C)[C@@H]1C[C@H](N(C)C(C)C)CCC1N1CCC(Nc2ncnc3ccc(C(F)(F)F)cc23)C1=O. The summed E-state index contributed by atoms with van der Waals surface area (Å²) in [6, 6.07) is 4.08. The maximum Gasteiger partial charge on any atom is 0.416 e. The number of hydrogen-bond acceptors (Lipinski definition) is 5. The van der Waals surface area contributed by atoms with E-state index in [9.17, 15) is 18.0 Å². The molecule has 1 saturated heterocycles. The second-order valence-corrected chi connectivity index (χ2v) is 10.7. The van der Waals surface area contributed by atoms with Gasteiger partial charge in [0.15, 0.2) is 0 Å². The molecule has 1 aliphatic heterocycles. The Bertz CT molecular complexity index is 1060. The predicted octanol–water partition coefficient (Wildman–Crippen LogP) is 5.19. The van der Waals surface area contributed by atoms with Gasteiger partial charge in [-0.15, -0.1) is 0 Å². The van der Waals surface area contributed by atoms with Crippen molar-refractivity contribution in [2.45, 2.75) is 83.7 Å². The summed E-state index contributed by atoms with van der Waals surface area (Å²) < 4.78 is 39.8. The quantitative estimate of drug-likeness (QED) is 0.602. The molecule has 1 aromatic carbocycles. The third kappa shape index (κ3) is 5.25. The molecule has 1 aromatic heterocycles. The van der Waals surface area contributed by atoms with Crippen molar-refractivity contribution in [1.82, 2.24) is 19.8 Å². The standard InChI is InChI=1S/C26H36F3N5O/c1-15(2)19-13-18(33(5)16(3)4)7-9-23(19)34-11-10-22(25(34)35)32-24-20-12-17(26(27,28)29)6-8-21(20)30-14-31-24/h6,8,12,14-16,18-19,22-23H,7,9-11,13H2,1-5H3,(H,30,31,32)/t18-,19+,22?,23?/m1/s1. The topological polar surface area (TPSA) is 61.4 Å². The number of nitrogens with one attached hydrogen (secondary N) is 1. The number of rotatable bonds is 6. The molecule has 2 heterocycles. The van der Waals surface area contributed by atoms with Crippen LogP contribution in [0.4, 0.5) is 19.0 Å². The van der Waals surface area contributed by atoms with Crippen molar-refractivity contribution in [2.24, 2.45) is 11.8 Å². The Morgan fingerprint density at radius 2 is 1.86 bits per heavy atom. The summed E-state index contributed by atoms with van der Waals surface area (Å²) in [6.07, 6.45) is 0.539. The van der Waals surface area contributed by atoms with Crippen LogP contribution in [0.3, 0.4) is 0 Å². The molecule has 0 spiro atoms. The number of amides is 1. The lowest BCUT2D eigenvalue weighted by Crippen LogP contribution is -2.52. The Kier molecular flexibility index (Phi) is 7.27. The zero-order valence-electron chi connectivity index (χ0n) is 21.1. The van der Waals surface area contributed by atoms with Crippen LogP contribution in [-0.2, 0) is 11.0 Å². The molecular weight excluding hydrogens is 455 g/mol. The highest BCUT2D eigenvalue weighted by Crippen LogP contribution is 2.38. The van der Waals surface area contributed by atoms with Gasteiger partial charge in [-0.1, -0.05) is 13.8 Å². The van der Waals surface area contributed by atoms with E-state index in [1.807, 2.05) is 4.90 Å². The van der Waals surface area contributed by atoms with Gasteiger partial charge in [-0.3, -0.25) is 4.79 Å². The summed E-state index contributed by atoms with van der Waals surface area (Å²) >= 11 is 0. The van der Waals surface area contributed by atoms with Crippen LogP contribution in [0.2, 0.25) is 0 Å². The lowest BCUT2D eigenvalue weighted by molar-refractivity contribution is -0.137. The first kappa shape index (κ1) is 25.7. The van der Waals surface area contributed by atoms with Gasteiger partial charge in [0, 0.05) is 30.1 Å². The summed E-state index contributed by atoms with van der Waals surface area (Å²) in [6.45, 7) is 9.54. The molecule has 0 radical (unpaired) electrons. The van der Waals surface area contributed by atoms with E-state index in [0.29, 0.717) is 42.4 Å². The first-order valence-electron chi connectivity index (χ1n) is 12.6. The van der Waals surface area contributed by atoms with Crippen molar-refractivity contribution in [2.75, 3.05) is 18.9 Å². The Morgan fingerprint density at radius 3 is 2.51 bits per heavy atom. The van der Waals surface area contributed by atoms with E-state index in [-0.39, 0.29) is 23.2 Å². The molecule has 1 saturated carbocycles. The molecule has 4 atom stereocenters. The fraction of sp³-hybridized carbons (Fsp3) is 0.654. The van der Waals surface area contributed by atoms with E-state index in [4.69, 9.17) is 0 Å².